The molecule has 0 radical (unpaired) electrons. The van der Waals surface area contributed by atoms with Crippen LogP contribution in [0.3, 0.4) is 0 Å². The first-order valence-corrected chi connectivity index (χ1v) is 12.3. The molecule has 2 aliphatic heterocycles. The smallest absolute Gasteiger partial charge is 0.234 e. The lowest BCUT2D eigenvalue weighted by Crippen LogP contribution is -2.52. The van der Waals surface area contributed by atoms with Gasteiger partial charge in [-0.2, -0.15) is 0 Å². The quantitative estimate of drug-likeness (QED) is 0.746. The van der Waals surface area contributed by atoms with Crippen molar-refractivity contribution in [3.05, 3.63) is 46.2 Å². The maximum Gasteiger partial charge on any atom is 0.234 e. The second kappa shape index (κ2) is 9.18. The number of piperazine rings is 1. The Morgan fingerprint density at radius 1 is 1.00 bits per heavy atom. The Hall–Kier alpha value is -2.09. The zero-order valence-electron chi connectivity index (χ0n) is 18.0. The van der Waals surface area contributed by atoms with Gasteiger partial charge in [0, 0.05) is 37.6 Å². The van der Waals surface area contributed by atoms with E-state index in [4.69, 9.17) is 9.47 Å². The van der Waals surface area contributed by atoms with E-state index in [0.29, 0.717) is 19.8 Å². The molecule has 1 aromatic heterocycles. The van der Waals surface area contributed by atoms with Gasteiger partial charge in [0.05, 0.1) is 12.1 Å². The number of hydrogen-bond acceptors (Lipinski definition) is 6. The molecule has 1 aromatic carbocycles. The average molecular weight is 442 g/mol. The predicted molar refractivity (Wildman–Crippen MR) is 122 cm³/mol. The zero-order valence-corrected chi connectivity index (χ0v) is 18.8. The Balaban J connectivity index is 1.19. The minimum absolute atomic E-state index is 0.128. The third kappa shape index (κ3) is 4.73. The number of carbonyl (C=O) groups is 1. The molecule has 31 heavy (non-hydrogen) atoms. The molecule has 1 aliphatic carbocycles. The minimum atomic E-state index is -0.284. The molecule has 6 nitrogen and oxygen atoms in total. The van der Waals surface area contributed by atoms with Gasteiger partial charge in [-0.15, -0.1) is 11.3 Å². The molecule has 3 aliphatic rings. The molecular formula is C24H31N3O3S. The monoisotopic (exact) mass is 441 g/mol. The minimum Gasteiger partial charge on any atom is -0.486 e. The molecule has 166 valence electrons. The first-order valence-electron chi connectivity index (χ1n) is 11.4. The van der Waals surface area contributed by atoms with E-state index in [9.17, 15) is 4.79 Å². The summed E-state index contributed by atoms with van der Waals surface area (Å²) < 4.78 is 11.5. The number of nitrogens with one attached hydrogen (secondary N) is 1. The highest BCUT2D eigenvalue weighted by atomic mass is 32.1. The Morgan fingerprint density at radius 2 is 1.74 bits per heavy atom. The predicted octanol–water partition coefficient (Wildman–Crippen LogP) is 3.22. The van der Waals surface area contributed by atoms with Gasteiger partial charge in [0.1, 0.15) is 13.2 Å². The fourth-order valence-corrected chi connectivity index (χ4v) is 5.79. The van der Waals surface area contributed by atoms with Crippen molar-refractivity contribution in [3.8, 4) is 11.5 Å². The number of rotatable bonds is 6. The number of hydrogen-bond donors (Lipinski definition) is 1. The van der Waals surface area contributed by atoms with Crippen LogP contribution >= 0.6 is 11.3 Å². The van der Waals surface area contributed by atoms with Crippen LogP contribution in [0.1, 0.15) is 36.1 Å². The van der Waals surface area contributed by atoms with Crippen molar-refractivity contribution in [2.24, 2.45) is 0 Å². The normalized spacial score (nSPS) is 21.2. The van der Waals surface area contributed by atoms with E-state index in [1.54, 1.807) is 0 Å². The third-order valence-corrected chi connectivity index (χ3v) is 7.58. The van der Waals surface area contributed by atoms with E-state index in [1.807, 2.05) is 17.4 Å². The molecule has 1 N–H and O–H groups in total. The van der Waals surface area contributed by atoms with Gasteiger partial charge in [-0.1, -0.05) is 25.0 Å². The molecule has 0 bridgehead atoms. The number of nitrogens with zero attached hydrogens (tertiary/aromatic N) is 2. The summed E-state index contributed by atoms with van der Waals surface area (Å²) >= 11 is 1.82. The van der Waals surface area contributed by atoms with Crippen molar-refractivity contribution in [3.63, 3.8) is 0 Å². The van der Waals surface area contributed by atoms with Gasteiger partial charge in [0.2, 0.25) is 5.91 Å². The van der Waals surface area contributed by atoms with Gasteiger partial charge in [0.25, 0.3) is 0 Å². The Bertz CT molecular complexity index is 887. The summed E-state index contributed by atoms with van der Waals surface area (Å²) in [7, 11) is 0. The van der Waals surface area contributed by atoms with Crippen molar-refractivity contribution >= 4 is 17.2 Å². The van der Waals surface area contributed by atoms with E-state index in [-0.39, 0.29) is 11.4 Å². The van der Waals surface area contributed by atoms with Crippen LogP contribution in [0.25, 0.3) is 0 Å². The van der Waals surface area contributed by atoms with E-state index >= 15 is 0 Å². The van der Waals surface area contributed by atoms with Crippen molar-refractivity contribution in [1.29, 1.82) is 0 Å². The highest BCUT2D eigenvalue weighted by Gasteiger charge is 2.38. The van der Waals surface area contributed by atoms with Crippen LogP contribution in [0, 0.1) is 0 Å². The first kappa shape index (κ1) is 20.8. The average Bonchev–Trinajstić information content (AvgIpc) is 3.48. The molecule has 7 heteroatoms. The Labute approximate surface area is 188 Å². The number of thiophene rings is 1. The van der Waals surface area contributed by atoms with Gasteiger partial charge < -0.3 is 14.8 Å². The highest BCUT2D eigenvalue weighted by molar-refractivity contribution is 7.09. The second-order valence-corrected chi connectivity index (χ2v) is 9.86. The van der Waals surface area contributed by atoms with Crippen LogP contribution in [0.5, 0.6) is 11.5 Å². The van der Waals surface area contributed by atoms with Crippen molar-refractivity contribution in [2.45, 2.75) is 37.8 Å². The molecule has 1 amide bonds. The number of benzene rings is 1. The Kier molecular flexibility index (Phi) is 6.16. The molecular weight excluding hydrogens is 410 g/mol. The van der Waals surface area contributed by atoms with Crippen molar-refractivity contribution in [2.75, 3.05) is 45.9 Å². The Morgan fingerprint density at radius 3 is 2.48 bits per heavy atom. The van der Waals surface area contributed by atoms with Crippen molar-refractivity contribution < 1.29 is 14.3 Å². The molecule has 0 unspecified atom stereocenters. The summed E-state index contributed by atoms with van der Waals surface area (Å²) in [5.41, 5.74) is 0.858. The maximum atomic E-state index is 13.1. The SMILES string of the molecule is O=C(CN1CCN(Cc2cccs2)CC1)NC1(c2ccc3c(c2)OCCO3)CCCC1. The summed E-state index contributed by atoms with van der Waals surface area (Å²) in [6.45, 7) is 6.57. The molecule has 3 heterocycles. The standard InChI is InChI=1S/C24H31N3O3S/c28-23(18-27-11-9-26(10-12-27)17-20-4-3-15-31-20)25-24(7-1-2-8-24)19-5-6-21-22(16-19)30-14-13-29-21/h3-6,15-16H,1-2,7-14,17-18H2,(H,25,28). The van der Waals surface area contributed by atoms with Gasteiger partial charge in [-0.3, -0.25) is 14.6 Å². The second-order valence-electron chi connectivity index (χ2n) is 8.83. The lowest BCUT2D eigenvalue weighted by atomic mass is 9.87. The lowest BCUT2D eigenvalue weighted by molar-refractivity contribution is -0.124. The van der Waals surface area contributed by atoms with Gasteiger partial charge >= 0.3 is 0 Å². The molecule has 5 rings (SSSR count). The molecule has 2 fully saturated rings. The van der Waals surface area contributed by atoms with E-state index in [2.05, 4.69) is 44.8 Å². The summed E-state index contributed by atoms with van der Waals surface area (Å²) in [4.78, 5) is 19.2. The summed E-state index contributed by atoms with van der Waals surface area (Å²) in [5, 5.41) is 5.56. The van der Waals surface area contributed by atoms with Gasteiger partial charge in [0.15, 0.2) is 11.5 Å². The largest absolute Gasteiger partial charge is 0.486 e. The number of carbonyl (C=O) groups excluding carboxylic acids is 1. The van der Waals surface area contributed by atoms with E-state index < -0.39 is 0 Å². The molecule has 0 spiro atoms. The molecule has 1 saturated carbocycles. The number of amides is 1. The van der Waals surface area contributed by atoms with Crippen LogP contribution in [-0.4, -0.2) is 61.6 Å². The summed E-state index contributed by atoms with van der Waals surface area (Å²) in [6.07, 6.45) is 4.23. The van der Waals surface area contributed by atoms with E-state index in [1.165, 1.54) is 4.88 Å². The fourth-order valence-electron chi connectivity index (χ4n) is 5.04. The van der Waals surface area contributed by atoms with Crippen LogP contribution in [-0.2, 0) is 16.9 Å². The van der Waals surface area contributed by atoms with E-state index in [0.717, 1.165) is 75.5 Å². The van der Waals surface area contributed by atoms with Crippen LogP contribution in [0.2, 0.25) is 0 Å². The van der Waals surface area contributed by atoms with Gasteiger partial charge in [-0.25, -0.2) is 0 Å². The zero-order chi connectivity index (χ0) is 21.1. The molecule has 0 atom stereocenters. The van der Waals surface area contributed by atoms with Gasteiger partial charge in [-0.05, 0) is 42.0 Å². The maximum absolute atomic E-state index is 13.1. The first-order chi connectivity index (χ1) is 15.2. The molecule has 1 saturated heterocycles. The number of fused-ring (bicyclic) bond motifs is 1. The summed E-state index contributed by atoms with van der Waals surface area (Å²) in [6, 6.07) is 10.5. The lowest BCUT2D eigenvalue weighted by Gasteiger charge is -2.36. The van der Waals surface area contributed by atoms with Crippen molar-refractivity contribution in [1.82, 2.24) is 15.1 Å². The molecule has 2 aromatic rings. The van der Waals surface area contributed by atoms with Crippen LogP contribution in [0.4, 0.5) is 0 Å². The fraction of sp³-hybridized carbons (Fsp3) is 0.542. The summed E-state index contributed by atoms with van der Waals surface area (Å²) in [5.74, 6) is 1.73. The van der Waals surface area contributed by atoms with Crippen LogP contribution in [0.15, 0.2) is 35.7 Å². The van der Waals surface area contributed by atoms with Crippen LogP contribution < -0.4 is 14.8 Å². The number of ether oxygens (including phenoxy) is 2. The third-order valence-electron chi connectivity index (χ3n) is 6.72. The highest BCUT2D eigenvalue weighted by Crippen LogP contribution is 2.42. The topological polar surface area (TPSA) is 54.0 Å².